The minimum atomic E-state index is 0.0354. The number of phenolic OH excluding ortho intramolecular Hbond substituents is 1. The third-order valence-electron chi connectivity index (χ3n) is 4.10. The Hall–Kier alpha value is -2.11. The highest BCUT2D eigenvalue weighted by molar-refractivity contribution is 6.31. The standard InChI is InChI=1S/C18H20ClNO4/c1-22-16-5-3-4-11-6-13(10-24-18(11)16)20-9-12-7-17(23-2)15(21)8-14(12)19/h3-5,7-8,13,20-21H,6,9-10H2,1-2H3. The number of nitrogens with one attached hydrogen (secondary N) is 1. The molecule has 6 heteroatoms. The number of para-hydroxylation sites is 1. The summed E-state index contributed by atoms with van der Waals surface area (Å²) in [6.07, 6.45) is 0.847. The number of fused-ring (bicyclic) bond motifs is 1. The van der Waals surface area contributed by atoms with E-state index in [1.165, 1.54) is 13.2 Å². The van der Waals surface area contributed by atoms with Crippen molar-refractivity contribution in [1.82, 2.24) is 5.32 Å². The number of phenols is 1. The average Bonchev–Trinajstić information content (AvgIpc) is 2.60. The van der Waals surface area contributed by atoms with Gasteiger partial charge >= 0.3 is 0 Å². The number of ether oxygens (including phenoxy) is 3. The fourth-order valence-corrected chi connectivity index (χ4v) is 3.05. The van der Waals surface area contributed by atoms with Crippen molar-refractivity contribution in [3.8, 4) is 23.0 Å². The van der Waals surface area contributed by atoms with Gasteiger partial charge in [-0.25, -0.2) is 0 Å². The fourth-order valence-electron chi connectivity index (χ4n) is 2.82. The van der Waals surface area contributed by atoms with Crippen LogP contribution in [0.1, 0.15) is 11.1 Å². The molecule has 0 spiro atoms. The smallest absolute Gasteiger partial charge is 0.164 e. The summed E-state index contributed by atoms with van der Waals surface area (Å²) < 4.78 is 16.3. The Kier molecular flexibility index (Phi) is 5.02. The first-order valence-electron chi connectivity index (χ1n) is 7.69. The van der Waals surface area contributed by atoms with Crippen molar-refractivity contribution in [2.24, 2.45) is 0 Å². The van der Waals surface area contributed by atoms with Crippen molar-refractivity contribution in [3.63, 3.8) is 0 Å². The SMILES string of the molecule is COc1cc(CNC2COc3c(cccc3OC)C2)c(Cl)cc1O. The van der Waals surface area contributed by atoms with Crippen LogP contribution in [0.25, 0.3) is 0 Å². The topological polar surface area (TPSA) is 60.0 Å². The first-order valence-corrected chi connectivity index (χ1v) is 8.07. The molecule has 1 atom stereocenters. The Labute approximate surface area is 146 Å². The van der Waals surface area contributed by atoms with Crippen LogP contribution in [-0.2, 0) is 13.0 Å². The molecule has 0 saturated carbocycles. The summed E-state index contributed by atoms with van der Waals surface area (Å²) in [7, 11) is 3.16. The van der Waals surface area contributed by atoms with Crippen molar-refractivity contribution < 1.29 is 19.3 Å². The van der Waals surface area contributed by atoms with Crippen LogP contribution in [0.2, 0.25) is 5.02 Å². The number of hydrogen-bond donors (Lipinski definition) is 2. The summed E-state index contributed by atoms with van der Waals surface area (Å²) in [6.45, 7) is 1.11. The molecule has 24 heavy (non-hydrogen) atoms. The van der Waals surface area contributed by atoms with E-state index in [1.54, 1.807) is 13.2 Å². The molecule has 3 rings (SSSR count). The first-order chi connectivity index (χ1) is 11.6. The van der Waals surface area contributed by atoms with Gasteiger partial charge in [0.05, 0.1) is 14.2 Å². The van der Waals surface area contributed by atoms with E-state index < -0.39 is 0 Å². The van der Waals surface area contributed by atoms with Gasteiger partial charge in [-0.05, 0) is 29.7 Å². The molecule has 1 aliphatic heterocycles. The maximum absolute atomic E-state index is 9.73. The lowest BCUT2D eigenvalue weighted by molar-refractivity contribution is 0.226. The molecule has 2 N–H and O–H groups in total. The molecule has 1 heterocycles. The Morgan fingerprint density at radius 1 is 1.25 bits per heavy atom. The highest BCUT2D eigenvalue weighted by Gasteiger charge is 2.22. The molecule has 0 fully saturated rings. The Morgan fingerprint density at radius 3 is 2.79 bits per heavy atom. The van der Waals surface area contributed by atoms with E-state index in [0.717, 1.165) is 29.0 Å². The van der Waals surface area contributed by atoms with Crippen molar-refractivity contribution in [3.05, 3.63) is 46.5 Å². The van der Waals surface area contributed by atoms with Gasteiger partial charge in [0, 0.05) is 23.7 Å². The largest absolute Gasteiger partial charge is 0.504 e. The zero-order valence-electron chi connectivity index (χ0n) is 13.6. The van der Waals surface area contributed by atoms with Crippen LogP contribution < -0.4 is 19.5 Å². The quantitative estimate of drug-likeness (QED) is 0.868. The number of rotatable bonds is 5. The highest BCUT2D eigenvalue weighted by Crippen LogP contribution is 2.35. The summed E-state index contributed by atoms with van der Waals surface area (Å²) in [5.41, 5.74) is 1.98. The monoisotopic (exact) mass is 349 g/mol. The molecule has 1 unspecified atom stereocenters. The predicted molar refractivity (Wildman–Crippen MR) is 92.5 cm³/mol. The number of methoxy groups -OCH3 is 2. The number of halogens is 1. The Balaban J connectivity index is 1.68. The summed E-state index contributed by atoms with van der Waals surface area (Å²) in [6, 6.07) is 9.31. The molecule has 0 aliphatic carbocycles. The number of benzene rings is 2. The maximum Gasteiger partial charge on any atom is 0.164 e. The van der Waals surface area contributed by atoms with Crippen molar-refractivity contribution in [1.29, 1.82) is 0 Å². The highest BCUT2D eigenvalue weighted by atomic mass is 35.5. The molecule has 5 nitrogen and oxygen atoms in total. The van der Waals surface area contributed by atoms with Crippen LogP contribution in [0.5, 0.6) is 23.0 Å². The van der Waals surface area contributed by atoms with E-state index in [4.69, 9.17) is 25.8 Å². The van der Waals surface area contributed by atoms with Crippen molar-refractivity contribution >= 4 is 11.6 Å². The van der Waals surface area contributed by atoms with Gasteiger partial charge in [-0.1, -0.05) is 23.7 Å². The lowest BCUT2D eigenvalue weighted by Gasteiger charge is -2.27. The lowest BCUT2D eigenvalue weighted by atomic mass is 10.0. The second-order valence-corrected chi connectivity index (χ2v) is 6.06. The van der Waals surface area contributed by atoms with Gasteiger partial charge in [0.2, 0.25) is 0 Å². The van der Waals surface area contributed by atoms with E-state index in [0.29, 0.717) is 23.9 Å². The predicted octanol–water partition coefficient (Wildman–Crippen LogP) is 3.16. The summed E-state index contributed by atoms with van der Waals surface area (Å²) in [5.74, 6) is 2.03. The van der Waals surface area contributed by atoms with Gasteiger partial charge in [0.15, 0.2) is 23.0 Å². The van der Waals surface area contributed by atoms with Crippen LogP contribution in [-0.4, -0.2) is 32.0 Å². The van der Waals surface area contributed by atoms with Gasteiger partial charge in [-0.2, -0.15) is 0 Å². The van der Waals surface area contributed by atoms with E-state index in [9.17, 15) is 5.11 Å². The van der Waals surface area contributed by atoms with Crippen molar-refractivity contribution in [2.75, 3.05) is 20.8 Å². The van der Waals surface area contributed by atoms with Gasteiger partial charge < -0.3 is 24.6 Å². The zero-order valence-corrected chi connectivity index (χ0v) is 14.4. The van der Waals surface area contributed by atoms with E-state index in [-0.39, 0.29) is 11.8 Å². The van der Waals surface area contributed by atoms with Crippen LogP contribution in [0, 0.1) is 0 Å². The van der Waals surface area contributed by atoms with Gasteiger partial charge in [0.25, 0.3) is 0 Å². The summed E-state index contributed by atoms with van der Waals surface area (Å²) >= 11 is 6.19. The van der Waals surface area contributed by atoms with Crippen LogP contribution >= 0.6 is 11.6 Å². The number of aromatic hydroxyl groups is 1. The molecule has 0 radical (unpaired) electrons. The second-order valence-electron chi connectivity index (χ2n) is 5.66. The molecule has 2 aromatic rings. The minimum Gasteiger partial charge on any atom is -0.504 e. The van der Waals surface area contributed by atoms with Gasteiger partial charge in [0.1, 0.15) is 6.61 Å². The normalized spacial score (nSPS) is 16.2. The summed E-state index contributed by atoms with van der Waals surface area (Å²) in [5, 5.41) is 13.7. The second kappa shape index (κ2) is 7.20. The molecule has 1 aliphatic rings. The molecular formula is C18H20ClNO4. The van der Waals surface area contributed by atoms with Crippen LogP contribution in [0.15, 0.2) is 30.3 Å². The third kappa shape index (κ3) is 3.37. The van der Waals surface area contributed by atoms with E-state index in [1.807, 2.05) is 18.2 Å². The Morgan fingerprint density at radius 2 is 2.04 bits per heavy atom. The van der Waals surface area contributed by atoms with Gasteiger partial charge in [-0.3, -0.25) is 0 Å². The molecule has 2 aromatic carbocycles. The van der Waals surface area contributed by atoms with Crippen LogP contribution in [0.4, 0.5) is 0 Å². The lowest BCUT2D eigenvalue weighted by Crippen LogP contribution is -2.39. The molecule has 0 bridgehead atoms. The molecule has 0 amide bonds. The minimum absolute atomic E-state index is 0.0354. The Bertz CT molecular complexity index is 735. The third-order valence-corrected chi connectivity index (χ3v) is 4.46. The molecule has 0 aromatic heterocycles. The van der Waals surface area contributed by atoms with E-state index in [2.05, 4.69) is 5.32 Å². The van der Waals surface area contributed by atoms with Crippen molar-refractivity contribution in [2.45, 2.75) is 19.0 Å². The zero-order chi connectivity index (χ0) is 17.1. The van der Waals surface area contributed by atoms with E-state index >= 15 is 0 Å². The maximum atomic E-state index is 9.73. The molecule has 128 valence electrons. The first kappa shape index (κ1) is 16.7. The number of hydrogen-bond acceptors (Lipinski definition) is 5. The fraction of sp³-hybridized carbons (Fsp3) is 0.333. The van der Waals surface area contributed by atoms with Gasteiger partial charge in [-0.15, -0.1) is 0 Å². The summed E-state index contributed by atoms with van der Waals surface area (Å²) in [4.78, 5) is 0. The molecular weight excluding hydrogens is 330 g/mol. The van der Waals surface area contributed by atoms with Crippen LogP contribution in [0.3, 0.4) is 0 Å². The average molecular weight is 350 g/mol. The molecule has 0 saturated heterocycles.